The summed E-state index contributed by atoms with van der Waals surface area (Å²) in [5.74, 6) is 0. The molecule has 150 valence electrons. The van der Waals surface area contributed by atoms with Crippen molar-refractivity contribution in [3.63, 3.8) is 0 Å². The third-order valence-corrected chi connectivity index (χ3v) is 6.86. The summed E-state index contributed by atoms with van der Waals surface area (Å²) in [7, 11) is 0.120. The van der Waals surface area contributed by atoms with Gasteiger partial charge in [-0.2, -0.15) is 0 Å². The van der Waals surface area contributed by atoms with Gasteiger partial charge in [-0.1, -0.05) is 63.6 Å². The highest BCUT2D eigenvalue weighted by Crippen LogP contribution is 2.41. The van der Waals surface area contributed by atoms with Gasteiger partial charge in [-0.3, -0.25) is 4.57 Å². The molecular weight excluding hydrogens is 375 g/mol. The van der Waals surface area contributed by atoms with Crippen LogP contribution in [0.4, 0.5) is 0 Å². The molecule has 0 N–H and O–H groups in total. The molecule has 0 saturated carbocycles. The second-order valence-electron chi connectivity index (χ2n) is 7.45. The molecular formula is C25H29N2OP. The van der Waals surface area contributed by atoms with E-state index in [2.05, 4.69) is 45.0 Å². The lowest BCUT2D eigenvalue weighted by molar-refractivity contribution is 0.512. The van der Waals surface area contributed by atoms with Crippen LogP contribution in [0.25, 0.3) is 22.6 Å². The SMILES string of the molecule is CCCCc1ccc(-c2cccc(-c3cccc(C(CC)(CC)P=O)n3)n2)cc1. The van der Waals surface area contributed by atoms with Crippen molar-refractivity contribution in [2.24, 2.45) is 0 Å². The molecule has 3 rings (SSSR count). The highest BCUT2D eigenvalue weighted by atomic mass is 31.1. The first-order valence-corrected chi connectivity index (χ1v) is 11.4. The summed E-state index contributed by atoms with van der Waals surface area (Å²) in [5, 5.41) is -0.429. The summed E-state index contributed by atoms with van der Waals surface area (Å²) >= 11 is 0. The van der Waals surface area contributed by atoms with Crippen LogP contribution in [0.1, 0.15) is 57.7 Å². The average Bonchev–Trinajstić information content (AvgIpc) is 2.80. The van der Waals surface area contributed by atoms with Crippen molar-refractivity contribution in [1.82, 2.24) is 9.97 Å². The summed E-state index contributed by atoms with van der Waals surface area (Å²) in [4.78, 5) is 9.70. The van der Waals surface area contributed by atoms with Crippen LogP contribution in [-0.4, -0.2) is 9.97 Å². The Morgan fingerprint density at radius 2 is 1.41 bits per heavy atom. The van der Waals surface area contributed by atoms with Gasteiger partial charge in [0.25, 0.3) is 0 Å². The summed E-state index contributed by atoms with van der Waals surface area (Å²) in [6.07, 6.45) is 5.11. The van der Waals surface area contributed by atoms with Crippen LogP contribution in [0.5, 0.6) is 0 Å². The van der Waals surface area contributed by atoms with Crippen LogP contribution in [0.2, 0.25) is 0 Å². The molecule has 0 fully saturated rings. The summed E-state index contributed by atoms with van der Waals surface area (Å²) in [6.45, 7) is 6.34. The molecule has 0 amide bonds. The van der Waals surface area contributed by atoms with Gasteiger partial charge in [0.1, 0.15) is 0 Å². The molecule has 0 spiro atoms. The number of nitrogens with zero attached hydrogens (tertiary/aromatic N) is 2. The molecule has 1 aromatic carbocycles. The van der Waals surface area contributed by atoms with Gasteiger partial charge in [-0.15, -0.1) is 0 Å². The standard InChI is InChI=1S/C25H29N2OP/c1-4-7-10-19-15-17-20(18-16-19)21-11-8-12-22(26-21)23-13-9-14-24(27-23)25(5-2,6-3)29-28/h8-9,11-18H,4-7,10H2,1-3H3. The minimum atomic E-state index is -0.429. The van der Waals surface area contributed by atoms with E-state index in [9.17, 15) is 4.57 Å². The molecule has 3 nitrogen and oxygen atoms in total. The highest BCUT2D eigenvalue weighted by Gasteiger charge is 2.31. The fourth-order valence-corrected chi connectivity index (χ4v) is 4.06. The number of benzene rings is 1. The van der Waals surface area contributed by atoms with Crippen molar-refractivity contribution < 1.29 is 4.57 Å². The topological polar surface area (TPSA) is 42.9 Å². The number of aryl methyl sites for hydroxylation is 1. The van der Waals surface area contributed by atoms with Gasteiger partial charge in [0.05, 0.1) is 27.9 Å². The molecule has 0 aliphatic rings. The van der Waals surface area contributed by atoms with Crippen molar-refractivity contribution in [3.8, 4) is 22.6 Å². The summed E-state index contributed by atoms with van der Waals surface area (Å²) in [5.41, 5.74) is 5.94. The first kappa shape index (κ1) is 21.3. The molecule has 0 unspecified atom stereocenters. The molecule has 0 aliphatic carbocycles. The first-order valence-electron chi connectivity index (χ1n) is 10.5. The molecule has 3 aromatic rings. The van der Waals surface area contributed by atoms with Crippen LogP contribution >= 0.6 is 8.46 Å². The molecule has 2 heterocycles. The van der Waals surface area contributed by atoms with E-state index in [-0.39, 0.29) is 8.46 Å². The van der Waals surface area contributed by atoms with E-state index in [4.69, 9.17) is 9.97 Å². The molecule has 0 aliphatic heterocycles. The Labute approximate surface area is 175 Å². The van der Waals surface area contributed by atoms with Gasteiger partial charge in [-0.25, -0.2) is 9.97 Å². The van der Waals surface area contributed by atoms with Crippen molar-refractivity contribution in [3.05, 3.63) is 71.9 Å². The molecule has 0 bridgehead atoms. The van der Waals surface area contributed by atoms with Crippen molar-refractivity contribution in [2.45, 2.75) is 58.0 Å². The fourth-order valence-electron chi connectivity index (χ4n) is 3.59. The van der Waals surface area contributed by atoms with E-state index in [0.29, 0.717) is 0 Å². The Morgan fingerprint density at radius 1 is 0.793 bits per heavy atom. The second-order valence-corrected chi connectivity index (χ2v) is 8.49. The Bertz CT molecular complexity index is 949. The number of hydrogen-bond acceptors (Lipinski definition) is 3. The predicted molar refractivity (Wildman–Crippen MR) is 121 cm³/mol. The second kappa shape index (κ2) is 9.89. The van der Waals surface area contributed by atoms with E-state index < -0.39 is 5.16 Å². The summed E-state index contributed by atoms with van der Waals surface area (Å²) in [6, 6.07) is 20.7. The maximum absolute atomic E-state index is 11.9. The Morgan fingerprint density at radius 3 is 2.03 bits per heavy atom. The molecule has 29 heavy (non-hydrogen) atoms. The Hall–Kier alpha value is -2.38. The van der Waals surface area contributed by atoms with Crippen molar-refractivity contribution >= 4 is 8.46 Å². The number of aromatic nitrogens is 2. The summed E-state index contributed by atoms with van der Waals surface area (Å²) < 4.78 is 11.9. The van der Waals surface area contributed by atoms with Crippen molar-refractivity contribution in [2.75, 3.05) is 0 Å². The van der Waals surface area contributed by atoms with Crippen LogP contribution in [0.3, 0.4) is 0 Å². The number of hydrogen-bond donors (Lipinski definition) is 0. The molecule has 4 heteroatoms. The fraction of sp³-hybridized carbons (Fsp3) is 0.360. The minimum absolute atomic E-state index is 0.120. The Kier molecular flexibility index (Phi) is 7.28. The lowest BCUT2D eigenvalue weighted by atomic mass is 9.97. The van der Waals surface area contributed by atoms with Crippen LogP contribution in [0, 0.1) is 0 Å². The van der Waals surface area contributed by atoms with E-state index in [1.165, 1.54) is 18.4 Å². The van der Waals surface area contributed by atoms with Crippen molar-refractivity contribution in [1.29, 1.82) is 0 Å². The maximum atomic E-state index is 11.9. The maximum Gasteiger partial charge on any atom is 0.168 e. The third-order valence-electron chi connectivity index (χ3n) is 5.65. The molecule has 0 atom stereocenters. The van der Waals surface area contributed by atoms with Gasteiger partial charge in [-0.05, 0) is 55.5 Å². The zero-order valence-electron chi connectivity index (χ0n) is 17.6. The van der Waals surface area contributed by atoms with Gasteiger partial charge >= 0.3 is 0 Å². The van der Waals surface area contributed by atoms with Gasteiger partial charge in [0.15, 0.2) is 8.46 Å². The first-order chi connectivity index (χ1) is 14.2. The van der Waals surface area contributed by atoms with Crippen LogP contribution < -0.4 is 0 Å². The largest absolute Gasteiger partial charge is 0.274 e. The lowest BCUT2D eigenvalue weighted by Gasteiger charge is -2.23. The number of rotatable bonds is 9. The zero-order chi connectivity index (χ0) is 20.7. The van der Waals surface area contributed by atoms with E-state index >= 15 is 0 Å². The molecule has 0 radical (unpaired) electrons. The number of pyridine rings is 2. The van der Waals surface area contributed by atoms with Gasteiger partial charge < -0.3 is 0 Å². The smallest absolute Gasteiger partial charge is 0.168 e. The lowest BCUT2D eigenvalue weighted by Crippen LogP contribution is -2.18. The predicted octanol–water partition coefficient (Wildman–Crippen LogP) is 7.46. The number of unbranched alkanes of at least 4 members (excludes halogenated alkanes) is 1. The van der Waals surface area contributed by atoms with Crippen LogP contribution in [-0.2, 0) is 16.1 Å². The molecule has 0 saturated heterocycles. The van der Waals surface area contributed by atoms with Gasteiger partial charge in [0.2, 0.25) is 0 Å². The van der Waals surface area contributed by atoms with Gasteiger partial charge in [0, 0.05) is 5.56 Å². The third kappa shape index (κ3) is 4.79. The normalized spacial score (nSPS) is 11.7. The average molecular weight is 404 g/mol. The quantitative estimate of drug-likeness (QED) is 0.348. The minimum Gasteiger partial charge on any atom is -0.274 e. The van der Waals surface area contributed by atoms with E-state index in [1.54, 1.807) is 0 Å². The van der Waals surface area contributed by atoms with Crippen LogP contribution in [0.15, 0.2) is 60.7 Å². The van der Waals surface area contributed by atoms with E-state index in [0.717, 1.165) is 47.6 Å². The Balaban J connectivity index is 1.92. The monoisotopic (exact) mass is 404 g/mol. The molecule has 2 aromatic heterocycles. The zero-order valence-corrected chi connectivity index (χ0v) is 18.5. The highest BCUT2D eigenvalue weighted by molar-refractivity contribution is 7.25. The van der Waals surface area contributed by atoms with E-state index in [1.807, 2.05) is 36.4 Å².